The molecule has 0 radical (unpaired) electrons. The lowest BCUT2D eigenvalue weighted by Gasteiger charge is -2.16. The van der Waals surface area contributed by atoms with E-state index in [0.717, 1.165) is 22.6 Å². The molecule has 0 spiro atoms. The van der Waals surface area contributed by atoms with Crippen LogP contribution in [0, 0.1) is 6.92 Å². The van der Waals surface area contributed by atoms with Gasteiger partial charge in [-0.05, 0) is 25.1 Å². The fraction of sp³-hybridized carbons (Fsp3) is 0.333. The molecule has 106 valence electrons. The standard InChI is InChI=1S/C15H20N2O2Si/c1-5-20(3,4)14-10-13(15(18)19)17(16-14)12-8-6-11(2)7-9-12/h6-10H,5H2,1-4H3,(H,18,19). The molecule has 0 aliphatic heterocycles. The highest BCUT2D eigenvalue weighted by atomic mass is 28.3. The lowest BCUT2D eigenvalue weighted by atomic mass is 10.2. The highest BCUT2D eigenvalue weighted by molar-refractivity contribution is 6.89. The number of carboxylic acids is 1. The Morgan fingerprint density at radius 3 is 2.40 bits per heavy atom. The number of aromatic carboxylic acids is 1. The zero-order valence-corrected chi connectivity index (χ0v) is 13.3. The number of nitrogens with zero attached hydrogens (tertiary/aromatic N) is 2. The summed E-state index contributed by atoms with van der Waals surface area (Å²) in [6.07, 6.45) is 0. The van der Waals surface area contributed by atoms with Crippen molar-refractivity contribution in [3.05, 3.63) is 41.6 Å². The largest absolute Gasteiger partial charge is 0.477 e. The summed E-state index contributed by atoms with van der Waals surface area (Å²) in [5.41, 5.74) is 2.17. The minimum atomic E-state index is -1.65. The minimum absolute atomic E-state index is 0.234. The van der Waals surface area contributed by atoms with Crippen molar-refractivity contribution in [3.8, 4) is 5.69 Å². The molecule has 4 nitrogen and oxygen atoms in total. The molecule has 0 atom stereocenters. The van der Waals surface area contributed by atoms with E-state index in [2.05, 4.69) is 25.1 Å². The Bertz CT molecular complexity index is 630. The van der Waals surface area contributed by atoms with Crippen LogP contribution < -0.4 is 5.32 Å². The second-order valence-corrected chi connectivity index (χ2v) is 10.7. The predicted molar refractivity (Wildman–Crippen MR) is 82.9 cm³/mol. The summed E-state index contributed by atoms with van der Waals surface area (Å²) >= 11 is 0. The number of benzene rings is 1. The van der Waals surface area contributed by atoms with Gasteiger partial charge >= 0.3 is 5.97 Å². The quantitative estimate of drug-likeness (QED) is 0.880. The average Bonchev–Trinajstić information content (AvgIpc) is 2.85. The van der Waals surface area contributed by atoms with Crippen LogP contribution in [0.3, 0.4) is 0 Å². The summed E-state index contributed by atoms with van der Waals surface area (Å²) < 4.78 is 1.54. The number of hydrogen-bond acceptors (Lipinski definition) is 2. The van der Waals surface area contributed by atoms with Gasteiger partial charge in [0, 0.05) is 5.32 Å². The van der Waals surface area contributed by atoms with Crippen LogP contribution in [-0.4, -0.2) is 28.9 Å². The maximum absolute atomic E-state index is 11.4. The summed E-state index contributed by atoms with van der Waals surface area (Å²) in [6, 6.07) is 10.5. The van der Waals surface area contributed by atoms with Crippen molar-refractivity contribution in [2.75, 3.05) is 0 Å². The van der Waals surface area contributed by atoms with Gasteiger partial charge in [-0.1, -0.05) is 43.8 Å². The highest BCUT2D eigenvalue weighted by Crippen LogP contribution is 2.14. The molecule has 0 saturated heterocycles. The van der Waals surface area contributed by atoms with Crippen molar-refractivity contribution in [3.63, 3.8) is 0 Å². The molecule has 1 heterocycles. The SMILES string of the molecule is CC[Si](C)(C)c1cc(C(=O)O)n(-c2ccc(C)cc2)n1. The third kappa shape index (κ3) is 2.67. The first-order valence-electron chi connectivity index (χ1n) is 6.76. The molecule has 0 saturated carbocycles. The van der Waals surface area contributed by atoms with Gasteiger partial charge in [-0.15, -0.1) is 0 Å². The first-order chi connectivity index (χ1) is 9.35. The average molecular weight is 288 g/mol. The lowest BCUT2D eigenvalue weighted by Crippen LogP contribution is -2.41. The van der Waals surface area contributed by atoms with Crippen LogP contribution in [0.2, 0.25) is 19.1 Å². The van der Waals surface area contributed by atoms with Crippen LogP contribution >= 0.6 is 0 Å². The first-order valence-corrected chi connectivity index (χ1v) is 9.97. The van der Waals surface area contributed by atoms with E-state index in [1.54, 1.807) is 10.7 Å². The van der Waals surface area contributed by atoms with Crippen molar-refractivity contribution in [1.29, 1.82) is 0 Å². The maximum Gasteiger partial charge on any atom is 0.354 e. The smallest absolute Gasteiger partial charge is 0.354 e. The van der Waals surface area contributed by atoms with E-state index >= 15 is 0 Å². The summed E-state index contributed by atoms with van der Waals surface area (Å²) in [7, 11) is -1.65. The zero-order chi connectivity index (χ0) is 14.9. The van der Waals surface area contributed by atoms with Crippen molar-refractivity contribution >= 4 is 19.4 Å². The second kappa shape index (κ2) is 5.24. The Balaban J connectivity index is 2.57. The van der Waals surface area contributed by atoms with Crippen LogP contribution in [-0.2, 0) is 0 Å². The van der Waals surface area contributed by atoms with Crippen molar-refractivity contribution in [1.82, 2.24) is 9.78 Å². The first kappa shape index (κ1) is 14.5. The van der Waals surface area contributed by atoms with E-state index in [9.17, 15) is 9.90 Å². The fourth-order valence-corrected chi connectivity index (χ4v) is 3.19. The van der Waals surface area contributed by atoms with Gasteiger partial charge in [0.25, 0.3) is 0 Å². The van der Waals surface area contributed by atoms with Crippen molar-refractivity contribution in [2.24, 2.45) is 0 Å². The van der Waals surface area contributed by atoms with Crippen LogP contribution in [0.25, 0.3) is 5.69 Å². The zero-order valence-electron chi connectivity index (χ0n) is 12.3. The molecule has 0 aliphatic carbocycles. The molecular formula is C15H20N2O2Si. The van der Waals surface area contributed by atoms with Crippen LogP contribution in [0.15, 0.2) is 30.3 Å². The van der Waals surface area contributed by atoms with Gasteiger partial charge < -0.3 is 5.11 Å². The molecule has 2 rings (SSSR count). The molecule has 5 heteroatoms. The minimum Gasteiger partial charge on any atom is -0.477 e. The molecule has 0 unspecified atom stereocenters. The van der Waals surface area contributed by atoms with E-state index < -0.39 is 14.0 Å². The van der Waals surface area contributed by atoms with Crippen molar-refractivity contribution < 1.29 is 9.90 Å². The predicted octanol–water partition coefficient (Wildman–Crippen LogP) is 2.81. The molecule has 1 N–H and O–H groups in total. The Kier molecular flexibility index (Phi) is 3.81. The number of rotatable bonds is 4. The summed E-state index contributed by atoms with van der Waals surface area (Å²) in [6.45, 7) is 8.56. The van der Waals surface area contributed by atoms with Gasteiger partial charge in [0.15, 0.2) is 5.69 Å². The maximum atomic E-state index is 11.4. The Hall–Kier alpha value is -1.88. The molecule has 2 aromatic rings. The topological polar surface area (TPSA) is 55.1 Å². The second-order valence-electron chi connectivity index (χ2n) is 5.70. The van der Waals surface area contributed by atoms with E-state index in [1.165, 1.54) is 0 Å². The number of carboxylic acid groups (broad SMARTS) is 1. The summed E-state index contributed by atoms with van der Waals surface area (Å²) in [5.74, 6) is -0.940. The third-order valence-corrected chi connectivity index (χ3v) is 7.18. The van der Waals surface area contributed by atoms with Crippen LogP contribution in [0.5, 0.6) is 0 Å². The number of carbonyl (C=O) groups is 1. The third-order valence-electron chi connectivity index (χ3n) is 3.78. The van der Waals surface area contributed by atoms with Gasteiger partial charge in [-0.25, -0.2) is 9.48 Å². The molecule has 0 aliphatic rings. The Morgan fingerprint density at radius 1 is 1.30 bits per heavy atom. The summed E-state index contributed by atoms with van der Waals surface area (Å²) in [4.78, 5) is 11.4. The van der Waals surface area contributed by atoms with Gasteiger partial charge in [-0.3, -0.25) is 0 Å². The van der Waals surface area contributed by atoms with Crippen LogP contribution in [0.1, 0.15) is 23.0 Å². The van der Waals surface area contributed by atoms with E-state index in [-0.39, 0.29) is 5.69 Å². The van der Waals surface area contributed by atoms with E-state index in [0.29, 0.717) is 0 Å². The fourth-order valence-electron chi connectivity index (χ4n) is 1.93. The molecule has 1 aromatic heterocycles. The monoisotopic (exact) mass is 288 g/mol. The van der Waals surface area contributed by atoms with Gasteiger partial charge in [0.1, 0.15) is 8.07 Å². The van der Waals surface area contributed by atoms with E-state index in [4.69, 9.17) is 0 Å². The van der Waals surface area contributed by atoms with Gasteiger partial charge in [-0.2, -0.15) is 5.10 Å². The molecule has 1 aromatic carbocycles. The van der Waals surface area contributed by atoms with Gasteiger partial charge in [0.05, 0.1) is 5.69 Å². The highest BCUT2D eigenvalue weighted by Gasteiger charge is 2.27. The Labute approximate surface area is 120 Å². The number of hydrogen-bond donors (Lipinski definition) is 1. The number of aromatic nitrogens is 2. The number of aryl methyl sites for hydroxylation is 1. The summed E-state index contributed by atoms with van der Waals surface area (Å²) in [5, 5.41) is 14.9. The van der Waals surface area contributed by atoms with E-state index in [1.807, 2.05) is 31.2 Å². The molecular weight excluding hydrogens is 268 g/mol. The van der Waals surface area contributed by atoms with Crippen molar-refractivity contribution in [2.45, 2.75) is 33.0 Å². The molecule has 0 fully saturated rings. The Morgan fingerprint density at radius 2 is 1.90 bits per heavy atom. The van der Waals surface area contributed by atoms with Crippen LogP contribution in [0.4, 0.5) is 0 Å². The van der Waals surface area contributed by atoms with Gasteiger partial charge in [0.2, 0.25) is 0 Å². The molecule has 20 heavy (non-hydrogen) atoms. The molecule has 0 bridgehead atoms. The normalized spacial score (nSPS) is 11.6. The lowest BCUT2D eigenvalue weighted by molar-refractivity contribution is 0.0687. The molecule has 0 amide bonds.